The van der Waals surface area contributed by atoms with Crippen LogP contribution < -0.4 is 10.6 Å². The van der Waals surface area contributed by atoms with Crippen LogP contribution in [0.3, 0.4) is 0 Å². The molecule has 0 aromatic carbocycles. The van der Waals surface area contributed by atoms with Crippen molar-refractivity contribution in [1.29, 1.82) is 0 Å². The Bertz CT molecular complexity index is 573. The molecule has 2 aliphatic heterocycles. The molecule has 2 aliphatic rings. The van der Waals surface area contributed by atoms with Crippen molar-refractivity contribution >= 4 is 0 Å². The van der Waals surface area contributed by atoms with Crippen LogP contribution in [0.2, 0.25) is 0 Å². The summed E-state index contributed by atoms with van der Waals surface area (Å²) >= 11 is 0. The Kier molecular flexibility index (Phi) is 4.56. The van der Waals surface area contributed by atoms with Gasteiger partial charge in [-0.25, -0.2) is 0 Å². The molecule has 0 atom stereocenters. The van der Waals surface area contributed by atoms with E-state index in [0.717, 1.165) is 11.4 Å². The molecule has 0 radical (unpaired) electrons. The molecule has 2 nitrogen and oxygen atoms in total. The second kappa shape index (κ2) is 6.21. The van der Waals surface area contributed by atoms with E-state index in [1.807, 2.05) is 0 Å². The van der Waals surface area contributed by atoms with Crippen LogP contribution in [0.1, 0.15) is 34.6 Å². The van der Waals surface area contributed by atoms with E-state index in [-0.39, 0.29) is 5.41 Å². The van der Waals surface area contributed by atoms with Crippen LogP contribution in [0.4, 0.5) is 0 Å². The lowest BCUT2D eigenvalue weighted by Crippen LogP contribution is -2.28. The summed E-state index contributed by atoms with van der Waals surface area (Å²) in [5.41, 5.74) is 4.74. The van der Waals surface area contributed by atoms with Gasteiger partial charge in [0, 0.05) is 16.8 Å². The third kappa shape index (κ3) is 4.01. The molecule has 2 N–H and O–H groups in total. The van der Waals surface area contributed by atoms with Crippen LogP contribution in [-0.2, 0) is 0 Å². The van der Waals surface area contributed by atoms with Gasteiger partial charge in [-0.05, 0) is 30.2 Å². The van der Waals surface area contributed by atoms with Gasteiger partial charge in [-0.1, -0.05) is 58.9 Å². The van der Waals surface area contributed by atoms with Crippen LogP contribution in [0.5, 0.6) is 0 Å². The van der Waals surface area contributed by atoms with Gasteiger partial charge in [0.25, 0.3) is 0 Å². The number of hydrogen-bond donors (Lipinski definition) is 2. The van der Waals surface area contributed by atoms with Gasteiger partial charge < -0.3 is 10.6 Å². The van der Waals surface area contributed by atoms with Crippen molar-refractivity contribution in [2.45, 2.75) is 34.6 Å². The fourth-order valence-electron chi connectivity index (χ4n) is 2.17. The third-order valence-electron chi connectivity index (χ3n) is 3.56. The van der Waals surface area contributed by atoms with Crippen LogP contribution in [0.15, 0.2) is 71.4 Å². The molecule has 0 spiro atoms. The number of nitrogens with one attached hydrogen (secondary N) is 2. The van der Waals surface area contributed by atoms with Crippen molar-refractivity contribution in [3.05, 3.63) is 71.4 Å². The molecule has 0 bridgehead atoms. The highest BCUT2D eigenvalue weighted by atomic mass is 15.0. The molecule has 0 aromatic heterocycles. The van der Waals surface area contributed by atoms with Crippen LogP contribution in [0, 0.1) is 11.3 Å². The van der Waals surface area contributed by atoms with Gasteiger partial charge in [-0.3, -0.25) is 0 Å². The molecule has 0 fully saturated rings. The summed E-state index contributed by atoms with van der Waals surface area (Å²) < 4.78 is 0. The topological polar surface area (TPSA) is 24.1 Å². The quantitative estimate of drug-likeness (QED) is 0.777. The lowest BCUT2D eigenvalue weighted by Gasteiger charge is -2.26. The van der Waals surface area contributed by atoms with Crippen molar-refractivity contribution in [2.75, 3.05) is 0 Å². The summed E-state index contributed by atoms with van der Waals surface area (Å²) in [7, 11) is 0. The second-order valence-corrected chi connectivity index (χ2v) is 6.79. The number of hydrogen-bond acceptors (Lipinski definition) is 2. The SMILES string of the molecule is CC(C)C1=CC=CC=C(C2=CC=CC=C(C(C)(C)C)N2)N1. The summed E-state index contributed by atoms with van der Waals surface area (Å²) in [6.07, 6.45) is 16.9. The largest absolute Gasteiger partial charge is 0.357 e. The van der Waals surface area contributed by atoms with Gasteiger partial charge in [-0.2, -0.15) is 0 Å². The summed E-state index contributed by atoms with van der Waals surface area (Å²) in [4.78, 5) is 0. The predicted molar refractivity (Wildman–Crippen MR) is 91.2 cm³/mol. The highest BCUT2D eigenvalue weighted by Gasteiger charge is 2.20. The molecule has 112 valence electrons. The standard InChI is InChI=1S/C19H26N2/c1-14(2)15-10-6-7-11-16(20-15)17-12-8-9-13-18(21-17)19(3,4)5/h6-14,20-21H,1-5H3. The van der Waals surface area contributed by atoms with Gasteiger partial charge in [0.2, 0.25) is 0 Å². The smallest absolute Gasteiger partial charge is 0.0621 e. The van der Waals surface area contributed by atoms with E-state index in [2.05, 4.69) is 93.9 Å². The predicted octanol–water partition coefficient (Wildman–Crippen LogP) is 4.54. The zero-order valence-corrected chi connectivity index (χ0v) is 13.7. The van der Waals surface area contributed by atoms with Crippen LogP contribution >= 0.6 is 0 Å². The second-order valence-electron chi connectivity index (χ2n) is 6.79. The average molecular weight is 282 g/mol. The maximum absolute atomic E-state index is 3.58. The van der Waals surface area contributed by atoms with E-state index in [1.54, 1.807) is 0 Å². The first kappa shape index (κ1) is 15.4. The molecule has 0 aliphatic carbocycles. The van der Waals surface area contributed by atoms with E-state index in [9.17, 15) is 0 Å². The molecule has 0 aromatic rings. The van der Waals surface area contributed by atoms with E-state index >= 15 is 0 Å². The van der Waals surface area contributed by atoms with Gasteiger partial charge in [0.15, 0.2) is 0 Å². The minimum Gasteiger partial charge on any atom is -0.357 e. The molecule has 0 unspecified atom stereocenters. The minimum absolute atomic E-state index is 0.0889. The van der Waals surface area contributed by atoms with E-state index in [1.165, 1.54) is 11.4 Å². The van der Waals surface area contributed by atoms with Crippen LogP contribution in [-0.4, -0.2) is 0 Å². The summed E-state index contributed by atoms with van der Waals surface area (Å²) in [6.45, 7) is 11.1. The fourth-order valence-corrected chi connectivity index (χ4v) is 2.17. The fraction of sp³-hybridized carbons (Fsp3) is 0.368. The maximum Gasteiger partial charge on any atom is 0.0621 e. The molecule has 2 heterocycles. The van der Waals surface area contributed by atoms with E-state index in [4.69, 9.17) is 0 Å². The lowest BCUT2D eigenvalue weighted by atomic mass is 9.91. The maximum atomic E-state index is 3.58. The van der Waals surface area contributed by atoms with E-state index < -0.39 is 0 Å². The molecule has 0 saturated carbocycles. The molecule has 0 saturated heterocycles. The Balaban J connectivity index is 2.26. The molecule has 0 amide bonds. The van der Waals surface area contributed by atoms with Crippen molar-refractivity contribution < 1.29 is 0 Å². The highest BCUT2D eigenvalue weighted by Crippen LogP contribution is 2.26. The Morgan fingerprint density at radius 1 is 0.762 bits per heavy atom. The monoisotopic (exact) mass is 282 g/mol. The van der Waals surface area contributed by atoms with Gasteiger partial charge in [0.05, 0.1) is 11.4 Å². The lowest BCUT2D eigenvalue weighted by molar-refractivity contribution is 0.474. The average Bonchev–Trinajstić information content (AvgIpc) is 2.78. The van der Waals surface area contributed by atoms with Gasteiger partial charge >= 0.3 is 0 Å². The first-order valence-electron chi connectivity index (χ1n) is 7.60. The van der Waals surface area contributed by atoms with E-state index in [0.29, 0.717) is 5.92 Å². The molecule has 21 heavy (non-hydrogen) atoms. The van der Waals surface area contributed by atoms with Crippen LogP contribution in [0.25, 0.3) is 0 Å². The molecule has 2 rings (SSSR count). The number of allylic oxidation sites excluding steroid dienone is 10. The molecular weight excluding hydrogens is 256 g/mol. The zero-order chi connectivity index (χ0) is 15.5. The molecular formula is C19H26N2. The molecule has 2 heteroatoms. The van der Waals surface area contributed by atoms with Crippen molar-refractivity contribution in [2.24, 2.45) is 11.3 Å². The summed E-state index contributed by atoms with van der Waals surface area (Å²) in [5, 5.41) is 7.13. The normalized spacial score (nSPS) is 18.8. The Labute approximate surface area is 128 Å². The highest BCUT2D eigenvalue weighted by molar-refractivity contribution is 5.43. The van der Waals surface area contributed by atoms with Crippen molar-refractivity contribution in [3.63, 3.8) is 0 Å². The summed E-state index contributed by atoms with van der Waals surface area (Å²) in [6, 6.07) is 0. The minimum atomic E-state index is 0.0889. The first-order chi connectivity index (χ1) is 9.88. The third-order valence-corrected chi connectivity index (χ3v) is 3.56. The number of rotatable bonds is 2. The zero-order valence-electron chi connectivity index (χ0n) is 13.7. The first-order valence-corrected chi connectivity index (χ1v) is 7.60. The van der Waals surface area contributed by atoms with Gasteiger partial charge in [-0.15, -0.1) is 0 Å². The Morgan fingerprint density at radius 3 is 1.86 bits per heavy atom. The van der Waals surface area contributed by atoms with Gasteiger partial charge in [0.1, 0.15) is 0 Å². The van der Waals surface area contributed by atoms with Crippen molar-refractivity contribution in [1.82, 2.24) is 10.6 Å². The Morgan fingerprint density at radius 2 is 1.29 bits per heavy atom. The Hall–Kier alpha value is -1.96. The summed E-state index contributed by atoms with van der Waals surface area (Å²) in [5.74, 6) is 0.468. The van der Waals surface area contributed by atoms with Crippen molar-refractivity contribution in [3.8, 4) is 0 Å².